The van der Waals surface area contributed by atoms with Gasteiger partial charge in [0.1, 0.15) is 6.04 Å². The average Bonchev–Trinajstić information content (AvgIpc) is 3.03. The molecule has 23 heavy (non-hydrogen) atoms. The van der Waals surface area contributed by atoms with Crippen LogP contribution in [0.3, 0.4) is 0 Å². The van der Waals surface area contributed by atoms with Gasteiger partial charge >= 0.3 is 0 Å². The third-order valence-corrected chi connectivity index (χ3v) is 4.42. The number of hydrogen-bond donors (Lipinski definition) is 1. The summed E-state index contributed by atoms with van der Waals surface area (Å²) in [6, 6.07) is 15.7. The topological polar surface area (TPSA) is 55.6 Å². The number of aromatic nitrogens is 4. The molecule has 0 bridgehead atoms. The monoisotopic (exact) mass is 387 g/mol. The van der Waals surface area contributed by atoms with Gasteiger partial charge in [-0.1, -0.05) is 56.9 Å². The number of hydrogen-bond acceptors (Lipinski definition) is 4. The number of fused-ring (bicyclic) bond motifs is 1. The van der Waals surface area contributed by atoms with Gasteiger partial charge in [-0.3, -0.25) is 0 Å². The van der Waals surface area contributed by atoms with Crippen LogP contribution in [0, 0.1) is 0 Å². The van der Waals surface area contributed by atoms with Crippen LogP contribution in [0.1, 0.15) is 17.2 Å². The molecule has 0 amide bonds. The predicted octanol–water partition coefficient (Wildman–Crippen LogP) is 4.15. The van der Waals surface area contributed by atoms with Crippen molar-refractivity contribution in [3.8, 4) is 0 Å². The summed E-state index contributed by atoms with van der Waals surface area (Å²) in [5, 5.41) is 15.9. The second-order valence-corrected chi connectivity index (χ2v) is 6.51. The highest BCUT2D eigenvalue weighted by Gasteiger charge is 2.24. The fourth-order valence-corrected chi connectivity index (χ4v) is 3.12. The number of nitrogens with zero attached hydrogens (tertiary/aromatic N) is 4. The van der Waals surface area contributed by atoms with Crippen molar-refractivity contribution < 1.29 is 0 Å². The van der Waals surface area contributed by atoms with Crippen molar-refractivity contribution in [3.63, 3.8) is 0 Å². The lowest BCUT2D eigenvalue weighted by Crippen LogP contribution is -2.20. The van der Waals surface area contributed by atoms with E-state index in [1.54, 1.807) is 4.68 Å². The van der Waals surface area contributed by atoms with Crippen LogP contribution in [-0.4, -0.2) is 20.2 Å². The highest BCUT2D eigenvalue weighted by molar-refractivity contribution is 9.10. The molecule has 1 aromatic heterocycles. The predicted molar refractivity (Wildman–Crippen MR) is 93.1 cm³/mol. The number of benzene rings is 2. The Morgan fingerprint density at radius 1 is 1.13 bits per heavy atom. The van der Waals surface area contributed by atoms with Gasteiger partial charge in [-0.15, -0.1) is 0 Å². The Morgan fingerprint density at radius 3 is 2.74 bits per heavy atom. The van der Waals surface area contributed by atoms with E-state index in [-0.39, 0.29) is 6.04 Å². The zero-order valence-electron chi connectivity index (χ0n) is 11.8. The van der Waals surface area contributed by atoms with Gasteiger partial charge in [-0.25, -0.2) is 0 Å². The van der Waals surface area contributed by atoms with Gasteiger partial charge in [-0.2, -0.15) is 4.68 Å². The van der Waals surface area contributed by atoms with Crippen molar-refractivity contribution in [2.75, 3.05) is 5.32 Å². The molecule has 0 radical (unpaired) electrons. The molecule has 0 saturated carbocycles. The first-order chi connectivity index (χ1) is 11.2. The molecule has 2 aromatic carbocycles. The first-order valence-corrected chi connectivity index (χ1v) is 8.16. The van der Waals surface area contributed by atoms with Gasteiger partial charge in [0, 0.05) is 15.2 Å². The molecule has 1 atom stereocenters. The standard InChI is InChI=1S/C16H11BrClN5/c17-12-3-1-2-11(8-12)15-9-14(10-4-6-13(18)7-5-10)19-16-20-21-22-23(15)16/h1-9,15H,(H,19,20,22)/t15-/m1/s1. The molecule has 1 N–H and O–H groups in total. The molecule has 2 heterocycles. The molecule has 0 aliphatic carbocycles. The van der Waals surface area contributed by atoms with E-state index < -0.39 is 0 Å². The summed E-state index contributed by atoms with van der Waals surface area (Å²) in [7, 11) is 0. The SMILES string of the molecule is Clc1ccc(C2=C[C@H](c3cccc(Br)c3)n3nnnc3N2)cc1. The molecule has 0 saturated heterocycles. The van der Waals surface area contributed by atoms with E-state index >= 15 is 0 Å². The van der Waals surface area contributed by atoms with E-state index in [4.69, 9.17) is 11.6 Å². The minimum Gasteiger partial charge on any atom is -0.323 e. The molecule has 114 valence electrons. The Morgan fingerprint density at radius 2 is 1.96 bits per heavy atom. The van der Waals surface area contributed by atoms with Crippen LogP contribution in [-0.2, 0) is 0 Å². The van der Waals surface area contributed by atoms with Gasteiger partial charge in [0.25, 0.3) is 0 Å². The molecule has 0 fully saturated rings. The van der Waals surface area contributed by atoms with E-state index in [1.165, 1.54) is 0 Å². The summed E-state index contributed by atoms with van der Waals surface area (Å²) >= 11 is 9.49. The lowest BCUT2D eigenvalue weighted by Gasteiger charge is -2.23. The van der Waals surface area contributed by atoms with Crippen molar-refractivity contribution in [3.05, 3.63) is 75.2 Å². The van der Waals surface area contributed by atoms with E-state index in [0.29, 0.717) is 11.0 Å². The maximum Gasteiger partial charge on any atom is 0.248 e. The maximum absolute atomic E-state index is 5.97. The van der Waals surface area contributed by atoms with Crippen molar-refractivity contribution in [1.29, 1.82) is 0 Å². The highest BCUT2D eigenvalue weighted by Crippen LogP contribution is 2.32. The first-order valence-electron chi connectivity index (χ1n) is 6.99. The van der Waals surface area contributed by atoms with Crippen LogP contribution in [0.25, 0.3) is 5.70 Å². The van der Waals surface area contributed by atoms with Gasteiger partial charge in [0.15, 0.2) is 0 Å². The Labute approximate surface area is 146 Å². The van der Waals surface area contributed by atoms with Gasteiger partial charge in [0.2, 0.25) is 5.95 Å². The minimum atomic E-state index is -0.0792. The zero-order valence-corrected chi connectivity index (χ0v) is 14.2. The highest BCUT2D eigenvalue weighted by atomic mass is 79.9. The van der Waals surface area contributed by atoms with Crippen LogP contribution < -0.4 is 5.32 Å². The molecule has 0 spiro atoms. The molecule has 1 aliphatic heterocycles. The fourth-order valence-electron chi connectivity index (χ4n) is 2.58. The molecule has 3 aromatic rings. The lowest BCUT2D eigenvalue weighted by molar-refractivity contribution is 0.585. The second kappa shape index (κ2) is 5.79. The van der Waals surface area contributed by atoms with Crippen LogP contribution in [0.15, 0.2) is 59.1 Å². The summed E-state index contributed by atoms with van der Waals surface area (Å²) in [6.07, 6.45) is 2.11. The summed E-state index contributed by atoms with van der Waals surface area (Å²) in [5.74, 6) is 0.613. The van der Waals surface area contributed by atoms with Crippen molar-refractivity contribution in [1.82, 2.24) is 20.2 Å². The third-order valence-electron chi connectivity index (χ3n) is 3.67. The Kier molecular flexibility index (Phi) is 3.63. The normalized spacial score (nSPS) is 16.4. The first kappa shape index (κ1) is 14.4. The van der Waals surface area contributed by atoms with E-state index in [2.05, 4.69) is 55.0 Å². The number of nitrogens with one attached hydrogen (secondary N) is 1. The van der Waals surface area contributed by atoms with E-state index in [0.717, 1.165) is 21.3 Å². The molecular formula is C16H11BrClN5. The van der Waals surface area contributed by atoms with E-state index in [9.17, 15) is 0 Å². The van der Waals surface area contributed by atoms with Gasteiger partial charge in [-0.05, 0) is 51.9 Å². The summed E-state index contributed by atoms with van der Waals surface area (Å²) in [5.41, 5.74) is 3.08. The van der Waals surface area contributed by atoms with Crippen molar-refractivity contribution in [2.45, 2.75) is 6.04 Å². The number of halogens is 2. The van der Waals surface area contributed by atoms with Crippen molar-refractivity contribution >= 4 is 39.2 Å². The largest absolute Gasteiger partial charge is 0.323 e. The van der Waals surface area contributed by atoms with Crippen LogP contribution in [0.4, 0.5) is 5.95 Å². The number of rotatable bonds is 2. The molecule has 0 unspecified atom stereocenters. The third kappa shape index (κ3) is 2.75. The van der Waals surface area contributed by atoms with Crippen molar-refractivity contribution in [2.24, 2.45) is 0 Å². The molecule has 5 nitrogen and oxygen atoms in total. The Hall–Kier alpha value is -2.18. The smallest absolute Gasteiger partial charge is 0.248 e. The quantitative estimate of drug-likeness (QED) is 0.717. The zero-order chi connectivity index (χ0) is 15.8. The maximum atomic E-state index is 5.97. The summed E-state index contributed by atoms with van der Waals surface area (Å²) in [4.78, 5) is 0. The molecular weight excluding hydrogens is 378 g/mol. The van der Waals surface area contributed by atoms with Gasteiger partial charge in [0.05, 0.1) is 0 Å². The molecule has 4 rings (SSSR count). The van der Waals surface area contributed by atoms with Crippen LogP contribution >= 0.6 is 27.5 Å². The second-order valence-electron chi connectivity index (χ2n) is 5.16. The molecule has 1 aliphatic rings. The fraction of sp³-hybridized carbons (Fsp3) is 0.0625. The summed E-state index contributed by atoms with van der Waals surface area (Å²) < 4.78 is 2.78. The summed E-state index contributed by atoms with van der Waals surface area (Å²) in [6.45, 7) is 0. The number of allylic oxidation sites excluding steroid dienone is 1. The van der Waals surface area contributed by atoms with Crippen LogP contribution in [0.5, 0.6) is 0 Å². The van der Waals surface area contributed by atoms with Crippen LogP contribution in [0.2, 0.25) is 5.02 Å². The van der Waals surface area contributed by atoms with E-state index in [1.807, 2.05) is 36.4 Å². The Balaban J connectivity index is 1.81. The average molecular weight is 389 g/mol. The lowest BCUT2D eigenvalue weighted by atomic mass is 10.0. The minimum absolute atomic E-state index is 0.0792. The van der Waals surface area contributed by atoms with Gasteiger partial charge < -0.3 is 5.32 Å². The molecule has 7 heteroatoms. The number of tetrazole rings is 1. The Bertz CT molecular complexity index is 887. The number of anilines is 1.